The summed E-state index contributed by atoms with van der Waals surface area (Å²) in [5, 5.41) is 5.79. The lowest BCUT2D eigenvalue weighted by atomic mass is 10.1. The highest BCUT2D eigenvalue weighted by molar-refractivity contribution is 5.92. The molecule has 3 aromatic heterocycles. The van der Waals surface area contributed by atoms with Crippen LogP contribution < -0.4 is 0 Å². The van der Waals surface area contributed by atoms with Crippen molar-refractivity contribution in [2.75, 3.05) is 0 Å². The Balaban J connectivity index is 1.58. The monoisotopic (exact) mass is 300 g/mol. The van der Waals surface area contributed by atoms with E-state index in [0.29, 0.717) is 6.04 Å². The summed E-state index contributed by atoms with van der Waals surface area (Å²) in [6.07, 6.45) is 10.1. The lowest BCUT2D eigenvalue weighted by molar-refractivity contribution is 0.520. The van der Waals surface area contributed by atoms with Gasteiger partial charge in [0.15, 0.2) is 0 Å². The number of H-pyrrole nitrogens is 1. The molecule has 5 rings (SSSR count). The molecule has 1 aromatic carbocycles. The van der Waals surface area contributed by atoms with Crippen LogP contribution in [0.4, 0.5) is 0 Å². The van der Waals surface area contributed by atoms with Gasteiger partial charge < -0.3 is 4.98 Å². The van der Waals surface area contributed by atoms with E-state index in [0.717, 1.165) is 29.4 Å². The SMILES string of the molecule is c1ccc2c(c1)CCC2n1cc(-c2ccnc3[nH]ccc23)cn1. The van der Waals surface area contributed by atoms with Crippen molar-refractivity contribution in [2.45, 2.75) is 18.9 Å². The molecule has 1 aliphatic carbocycles. The topological polar surface area (TPSA) is 46.5 Å². The molecule has 0 bridgehead atoms. The van der Waals surface area contributed by atoms with E-state index < -0.39 is 0 Å². The van der Waals surface area contributed by atoms with Crippen LogP contribution in [0.5, 0.6) is 0 Å². The third-order valence-corrected chi connectivity index (χ3v) is 4.79. The number of aromatic amines is 1. The molecule has 1 N–H and O–H groups in total. The van der Waals surface area contributed by atoms with Gasteiger partial charge in [-0.2, -0.15) is 5.10 Å². The molecule has 0 aliphatic heterocycles. The maximum Gasteiger partial charge on any atom is 0.137 e. The lowest BCUT2D eigenvalue weighted by Gasteiger charge is -2.12. The molecule has 23 heavy (non-hydrogen) atoms. The molecule has 0 saturated carbocycles. The normalized spacial score (nSPS) is 16.8. The predicted octanol–water partition coefficient (Wildman–Crippen LogP) is 3.96. The number of hydrogen-bond donors (Lipinski definition) is 1. The first-order valence-corrected chi connectivity index (χ1v) is 7.94. The van der Waals surface area contributed by atoms with Crippen LogP contribution in [0.2, 0.25) is 0 Å². The van der Waals surface area contributed by atoms with Gasteiger partial charge in [0.05, 0.1) is 12.2 Å². The number of aryl methyl sites for hydroxylation is 1. The van der Waals surface area contributed by atoms with Crippen molar-refractivity contribution in [2.24, 2.45) is 0 Å². The van der Waals surface area contributed by atoms with E-state index in [2.05, 4.69) is 62.3 Å². The van der Waals surface area contributed by atoms with Gasteiger partial charge >= 0.3 is 0 Å². The number of fused-ring (bicyclic) bond motifs is 2. The summed E-state index contributed by atoms with van der Waals surface area (Å²) in [5.74, 6) is 0. The first-order valence-electron chi connectivity index (χ1n) is 7.94. The first-order chi connectivity index (χ1) is 11.4. The number of nitrogens with zero attached hydrogens (tertiary/aromatic N) is 3. The molecule has 1 unspecified atom stereocenters. The zero-order valence-electron chi connectivity index (χ0n) is 12.6. The third kappa shape index (κ3) is 1.91. The van der Waals surface area contributed by atoms with E-state index in [4.69, 9.17) is 0 Å². The average Bonchev–Trinajstić information content (AvgIpc) is 3.32. The van der Waals surface area contributed by atoms with Gasteiger partial charge in [0, 0.05) is 29.5 Å². The molecular weight excluding hydrogens is 284 g/mol. The van der Waals surface area contributed by atoms with Crippen LogP contribution >= 0.6 is 0 Å². The minimum absolute atomic E-state index is 0.350. The number of benzene rings is 1. The second-order valence-corrected chi connectivity index (χ2v) is 6.06. The lowest BCUT2D eigenvalue weighted by Crippen LogP contribution is -2.07. The molecule has 1 atom stereocenters. The van der Waals surface area contributed by atoms with Crippen molar-refractivity contribution in [1.29, 1.82) is 0 Å². The van der Waals surface area contributed by atoms with Crippen molar-refractivity contribution in [3.8, 4) is 11.1 Å². The molecule has 4 heteroatoms. The summed E-state index contributed by atoms with van der Waals surface area (Å²) in [7, 11) is 0. The van der Waals surface area contributed by atoms with Crippen molar-refractivity contribution in [3.05, 3.63) is 72.3 Å². The third-order valence-electron chi connectivity index (χ3n) is 4.79. The zero-order valence-corrected chi connectivity index (χ0v) is 12.6. The molecule has 4 nitrogen and oxygen atoms in total. The van der Waals surface area contributed by atoms with Crippen LogP contribution in [0.25, 0.3) is 22.2 Å². The van der Waals surface area contributed by atoms with Crippen molar-refractivity contribution >= 4 is 11.0 Å². The maximum absolute atomic E-state index is 4.65. The highest BCUT2D eigenvalue weighted by atomic mass is 15.3. The minimum Gasteiger partial charge on any atom is -0.346 e. The van der Waals surface area contributed by atoms with E-state index in [-0.39, 0.29) is 0 Å². The zero-order chi connectivity index (χ0) is 15.2. The Labute approximate surface area is 133 Å². The minimum atomic E-state index is 0.350. The number of hydrogen-bond acceptors (Lipinski definition) is 2. The van der Waals surface area contributed by atoms with E-state index in [1.54, 1.807) is 0 Å². The largest absolute Gasteiger partial charge is 0.346 e. The number of nitrogens with one attached hydrogen (secondary N) is 1. The molecule has 0 fully saturated rings. The second-order valence-electron chi connectivity index (χ2n) is 6.06. The summed E-state index contributed by atoms with van der Waals surface area (Å²) < 4.78 is 2.11. The molecule has 0 saturated heterocycles. The van der Waals surface area contributed by atoms with E-state index in [9.17, 15) is 0 Å². The van der Waals surface area contributed by atoms with Gasteiger partial charge in [-0.25, -0.2) is 4.98 Å². The first kappa shape index (κ1) is 12.6. The van der Waals surface area contributed by atoms with Crippen LogP contribution in [0, 0.1) is 0 Å². The molecule has 0 spiro atoms. The summed E-state index contributed by atoms with van der Waals surface area (Å²) >= 11 is 0. The highest BCUT2D eigenvalue weighted by Crippen LogP contribution is 2.35. The fourth-order valence-electron chi connectivity index (χ4n) is 3.67. The van der Waals surface area contributed by atoms with Gasteiger partial charge in [0.1, 0.15) is 5.65 Å². The van der Waals surface area contributed by atoms with Gasteiger partial charge in [-0.3, -0.25) is 4.68 Å². The fourth-order valence-corrected chi connectivity index (χ4v) is 3.67. The van der Waals surface area contributed by atoms with Crippen LogP contribution in [-0.2, 0) is 6.42 Å². The van der Waals surface area contributed by atoms with E-state index >= 15 is 0 Å². The van der Waals surface area contributed by atoms with Gasteiger partial charge in [-0.1, -0.05) is 24.3 Å². The van der Waals surface area contributed by atoms with Crippen molar-refractivity contribution < 1.29 is 0 Å². The van der Waals surface area contributed by atoms with Crippen LogP contribution in [0.1, 0.15) is 23.6 Å². The highest BCUT2D eigenvalue weighted by Gasteiger charge is 2.24. The Morgan fingerprint density at radius 1 is 1.13 bits per heavy atom. The standard InChI is InChI=1S/C19H16N4/c1-2-4-16-13(3-1)5-6-18(16)23-12-14(11-22-23)15-7-9-20-19-17(15)8-10-21-19/h1-4,7-12,18H,5-6H2,(H,20,21). The number of aromatic nitrogens is 4. The Morgan fingerprint density at radius 2 is 2.09 bits per heavy atom. The molecule has 112 valence electrons. The molecule has 0 amide bonds. The van der Waals surface area contributed by atoms with Gasteiger partial charge in [-0.15, -0.1) is 0 Å². The Morgan fingerprint density at radius 3 is 3.09 bits per heavy atom. The van der Waals surface area contributed by atoms with Gasteiger partial charge in [-0.05, 0) is 41.7 Å². The predicted molar refractivity (Wildman–Crippen MR) is 90.2 cm³/mol. The van der Waals surface area contributed by atoms with Crippen molar-refractivity contribution in [1.82, 2.24) is 19.7 Å². The Kier molecular flexibility index (Phi) is 2.65. The van der Waals surface area contributed by atoms with Crippen molar-refractivity contribution in [3.63, 3.8) is 0 Å². The summed E-state index contributed by atoms with van der Waals surface area (Å²) in [6.45, 7) is 0. The van der Waals surface area contributed by atoms with E-state index in [1.165, 1.54) is 16.7 Å². The molecule has 0 radical (unpaired) electrons. The Hall–Kier alpha value is -2.88. The molecule has 3 heterocycles. The fraction of sp³-hybridized carbons (Fsp3) is 0.158. The quantitative estimate of drug-likeness (QED) is 0.609. The number of rotatable bonds is 2. The smallest absolute Gasteiger partial charge is 0.137 e. The van der Waals surface area contributed by atoms with Gasteiger partial charge in [0.2, 0.25) is 0 Å². The maximum atomic E-state index is 4.65. The molecule has 1 aliphatic rings. The van der Waals surface area contributed by atoms with Crippen LogP contribution in [-0.4, -0.2) is 19.7 Å². The Bertz CT molecular complexity index is 995. The average molecular weight is 300 g/mol. The van der Waals surface area contributed by atoms with Crippen LogP contribution in [0.15, 0.2) is 61.2 Å². The molecule has 4 aromatic rings. The summed E-state index contributed by atoms with van der Waals surface area (Å²) in [5.41, 5.74) is 6.09. The van der Waals surface area contributed by atoms with Gasteiger partial charge in [0.25, 0.3) is 0 Å². The molecular formula is C19H16N4. The summed E-state index contributed by atoms with van der Waals surface area (Å²) in [4.78, 5) is 7.52. The van der Waals surface area contributed by atoms with E-state index in [1.807, 2.05) is 18.6 Å². The summed E-state index contributed by atoms with van der Waals surface area (Å²) in [6, 6.07) is 13.2. The second kappa shape index (κ2) is 4.81. The van der Waals surface area contributed by atoms with Crippen LogP contribution in [0.3, 0.4) is 0 Å². The number of pyridine rings is 1.